The number of halogens is 3. The van der Waals surface area contributed by atoms with E-state index in [-0.39, 0.29) is 6.10 Å². The van der Waals surface area contributed by atoms with E-state index in [2.05, 4.69) is 39.7 Å². The van der Waals surface area contributed by atoms with E-state index in [1.807, 2.05) is 12.2 Å². The van der Waals surface area contributed by atoms with Crippen LogP contribution >= 0.6 is 0 Å². The minimum absolute atomic E-state index is 0.212. The third-order valence-corrected chi connectivity index (χ3v) is 8.07. The first-order chi connectivity index (χ1) is 17.6. The normalized spacial score (nSPS) is 17.8. The van der Waals surface area contributed by atoms with Gasteiger partial charge in [0.15, 0.2) is 24.5 Å². The van der Waals surface area contributed by atoms with Crippen molar-refractivity contribution in [3.05, 3.63) is 25.3 Å². The van der Waals surface area contributed by atoms with Crippen LogP contribution in [0.4, 0.5) is 13.2 Å². The van der Waals surface area contributed by atoms with Crippen LogP contribution in [-0.4, -0.2) is 76.3 Å². The molecule has 1 aliphatic rings. The van der Waals surface area contributed by atoms with Crippen molar-refractivity contribution in [3.63, 3.8) is 0 Å². The second-order valence-corrected chi connectivity index (χ2v) is 17.0. The van der Waals surface area contributed by atoms with Crippen LogP contribution in [0.3, 0.4) is 0 Å². The maximum Gasteiger partial charge on any atom is 0.485 e. The molecule has 1 fully saturated rings. The molecule has 38 heavy (non-hydrogen) atoms. The molecule has 0 aromatic rings. The Bertz CT molecular complexity index is 747. The van der Waals surface area contributed by atoms with Crippen LogP contribution in [-0.2, 0) is 19.3 Å². The molecule has 0 N–H and O–H groups in total. The lowest BCUT2D eigenvalue weighted by Gasteiger charge is -2.28. The van der Waals surface area contributed by atoms with Crippen molar-refractivity contribution in [1.29, 1.82) is 0 Å². The van der Waals surface area contributed by atoms with Gasteiger partial charge in [0.2, 0.25) is 0 Å². The first-order valence-corrected chi connectivity index (χ1v) is 18.8. The lowest BCUT2D eigenvalue weighted by Crippen LogP contribution is -2.43. The molecule has 0 spiro atoms. The van der Waals surface area contributed by atoms with Crippen LogP contribution in [0.2, 0.25) is 19.6 Å². The second kappa shape index (κ2) is 18.6. The van der Waals surface area contributed by atoms with Gasteiger partial charge >= 0.3 is 5.51 Å². The van der Waals surface area contributed by atoms with Crippen LogP contribution in [0.15, 0.2) is 25.3 Å². The molecule has 11 heteroatoms. The molecule has 1 rings (SSSR count). The van der Waals surface area contributed by atoms with E-state index in [9.17, 15) is 13.2 Å². The molecule has 1 saturated heterocycles. The SMILES string of the molecule is C=CC[N+]1(CC=C)C[C@@H]1[C@@H](COCCCCCCCCCCCCC)O[Si](C)(C)C.O=S(=O)([O-])C(F)(F)F. The Hall–Kier alpha value is -0.723. The number of nitrogens with zero attached hydrogens (tertiary/aromatic N) is 1. The van der Waals surface area contributed by atoms with Gasteiger partial charge < -0.3 is 18.2 Å². The molecule has 0 radical (unpaired) electrons. The Morgan fingerprint density at radius 1 is 0.947 bits per heavy atom. The molecule has 1 heterocycles. The fraction of sp³-hybridized carbons (Fsp3) is 0.852. The Kier molecular flexibility index (Phi) is 18.2. The average Bonchev–Trinajstić information content (AvgIpc) is 3.48. The molecule has 0 aromatic heterocycles. The predicted octanol–water partition coefficient (Wildman–Crippen LogP) is 7.16. The maximum absolute atomic E-state index is 10.7. The monoisotopic (exact) mass is 587 g/mol. The standard InChI is InChI=1S/C26H52NO2Si.CHF3O3S/c1-7-10-11-12-13-14-15-16-17-18-19-22-28-24-26(29-30(4,5)6)25-23-27(25,20-8-2)21-9-3;2-1(3,4)8(5,6)7/h8-9,25-26H,2-3,7,10-24H2,1,4-6H3;(H,5,6,7)/q+1;/p-1/t25-,26-;/m1./s1. The third kappa shape index (κ3) is 17.1. The number of rotatable bonds is 21. The topological polar surface area (TPSA) is 75.7 Å². The Morgan fingerprint density at radius 2 is 1.37 bits per heavy atom. The van der Waals surface area contributed by atoms with Crippen molar-refractivity contribution in [2.24, 2.45) is 0 Å². The molecule has 0 saturated carbocycles. The number of ether oxygens (including phenoxy) is 1. The summed E-state index contributed by atoms with van der Waals surface area (Å²) < 4.78 is 72.6. The summed E-state index contributed by atoms with van der Waals surface area (Å²) in [5.74, 6) is 0. The smallest absolute Gasteiger partial charge is 0.485 e. The van der Waals surface area contributed by atoms with Gasteiger partial charge in [0.25, 0.3) is 0 Å². The quantitative estimate of drug-likeness (QED) is 0.0271. The highest BCUT2D eigenvalue weighted by atomic mass is 32.2. The van der Waals surface area contributed by atoms with Gasteiger partial charge in [-0.3, -0.25) is 0 Å². The summed E-state index contributed by atoms with van der Waals surface area (Å²) in [7, 11) is -7.69. The van der Waals surface area contributed by atoms with Gasteiger partial charge in [-0.2, -0.15) is 13.2 Å². The van der Waals surface area contributed by atoms with E-state index in [1.54, 1.807) is 0 Å². The second-order valence-electron chi connectivity index (χ2n) is 11.2. The van der Waals surface area contributed by atoms with Crippen LogP contribution in [0.1, 0.15) is 77.6 Å². The van der Waals surface area contributed by atoms with Crippen LogP contribution in [0.5, 0.6) is 0 Å². The van der Waals surface area contributed by atoms with Crippen molar-refractivity contribution in [2.75, 3.05) is 32.8 Å². The Labute approximate surface area is 231 Å². The van der Waals surface area contributed by atoms with E-state index in [0.717, 1.165) is 37.3 Å². The lowest BCUT2D eigenvalue weighted by molar-refractivity contribution is -0.803. The van der Waals surface area contributed by atoms with Crippen molar-refractivity contribution in [3.8, 4) is 0 Å². The number of unbranched alkanes of at least 4 members (excludes halogenated alkanes) is 10. The van der Waals surface area contributed by atoms with E-state index in [0.29, 0.717) is 6.04 Å². The summed E-state index contributed by atoms with van der Waals surface area (Å²) in [4.78, 5) is 0. The number of hydrogen-bond acceptors (Lipinski definition) is 5. The zero-order valence-corrected chi connectivity index (χ0v) is 25.9. The van der Waals surface area contributed by atoms with E-state index < -0.39 is 23.9 Å². The highest BCUT2D eigenvalue weighted by Crippen LogP contribution is 2.36. The minimum Gasteiger partial charge on any atom is -0.741 e. The molecule has 0 aliphatic carbocycles. The van der Waals surface area contributed by atoms with Gasteiger partial charge in [-0.25, -0.2) is 8.42 Å². The number of quaternary nitrogens is 1. The Balaban J connectivity index is 0.00000147. The maximum atomic E-state index is 10.7. The minimum atomic E-state index is -6.09. The number of hydrogen-bond donors (Lipinski definition) is 0. The first-order valence-electron chi connectivity index (χ1n) is 14.0. The zero-order valence-electron chi connectivity index (χ0n) is 24.1. The molecule has 0 amide bonds. The van der Waals surface area contributed by atoms with Gasteiger partial charge in [0.1, 0.15) is 12.6 Å². The largest absolute Gasteiger partial charge is 0.741 e. The van der Waals surface area contributed by atoms with E-state index in [4.69, 9.17) is 22.1 Å². The molecule has 0 aromatic carbocycles. The van der Waals surface area contributed by atoms with Crippen LogP contribution in [0, 0.1) is 0 Å². The zero-order chi connectivity index (χ0) is 29.3. The fourth-order valence-electron chi connectivity index (χ4n) is 4.55. The number of alkyl halides is 3. The molecule has 1 aliphatic heterocycles. The molecule has 0 bridgehead atoms. The third-order valence-electron chi connectivity index (χ3n) is 6.50. The molecule has 2 atom stereocenters. The highest BCUT2D eigenvalue weighted by molar-refractivity contribution is 7.86. The first kappa shape index (κ1) is 37.3. The molecule has 0 unspecified atom stereocenters. The van der Waals surface area contributed by atoms with Crippen molar-refractivity contribution >= 4 is 18.4 Å². The molecular formula is C27H52F3NO5SSi. The van der Waals surface area contributed by atoms with Crippen molar-refractivity contribution in [1.82, 2.24) is 0 Å². The van der Waals surface area contributed by atoms with Gasteiger partial charge in [0, 0.05) is 6.61 Å². The van der Waals surface area contributed by atoms with E-state index >= 15 is 0 Å². The molecule has 6 nitrogen and oxygen atoms in total. The highest BCUT2D eigenvalue weighted by Gasteiger charge is 2.58. The summed E-state index contributed by atoms with van der Waals surface area (Å²) in [5.41, 5.74) is -5.65. The van der Waals surface area contributed by atoms with Gasteiger partial charge in [-0.1, -0.05) is 84.3 Å². The summed E-state index contributed by atoms with van der Waals surface area (Å²) in [6.07, 6.45) is 19.4. The summed E-state index contributed by atoms with van der Waals surface area (Å²) in [6.45, 7) is 21.8. The van der Waals surface area contributed by atoms with Crippen molar-refractivity contribution < 1.29 is 39.8 Å². The predicted molar refractivity (Wildman–Crippen MR) is 150 cm³/mol. The molecular weight excluding hydrogens is 535 g/mol. The molecule has 226 valence electrons. The average molecular weight is 588 g/mol. The Morgan fingerprint density at radius 3 is 1.74 bits per heavy atom. The summed E-state index contributed by atoms with van der Waals surface area (Å²) >= 11 is 0. The van der Waals surface area contributed by atoms with Gasteiger partial charge in [-0.05, 0) is 38.2 Å². The van der Waals surface area contributed by atoms with Gasteiger partial charge in [0.05, 0.1) is 19.7 Å². The summed E-state index contributed by atoms with van der Waals surface area (Å²) in [6, 6.07) is 0.532. The fourth-order valence-corrected chi connectivity index (χ4v) is 5.68. The van der Waals surface area contributed by atoms with Crippen LogP contribution < -0.4 is 0 Å². The van der Waals surface area contributed by atoms with Crippen LogP contribution in [0.25, 0.3) is 0 Å². The van der Waals surface area contributed by atoms with E-state index in [1.165, 1.54) is 70.6 Å². The lowest BCUT2D eigenvalue weighted by atomic mass is 10.1. The van der Waals surface area contributed by atoms with Gasteiger partial charge in [-0.15, -0.1) is 0 Å². The van der Waals surface area contributed by atoms with Crippen molar-refractivity contribution in [2.45, 2.75) is 115 Å². The summed E-state index contributed by atoms with van der Waals surface area (Å²) in [5, 5.41) is 0.